The minimum atomic E-state index is -0.456. The van der Waals surface area contributed by atoms with Gasteiger partial charge in [0.1, 0.15) is 0 Å². The van der Waals surface area contributed by atoms with Gasteiger partial charge in [0.15, 0.2) is 0 Å². The third-order valence-corrected chi connectivity index (χ3v) is 0.370. The summed E-state index contributed by atoms with van der Waals surface area (Å²) in [5.41, 5.74) is 0. The van der Waals surface area contributed by atoms with Gasteiger partial charge in [-0.2, -0.15) is 0 Å². The van der Waals surface area contributed by atoms with E-state index in [2.05, 4.69) is 18.3 Å². The van der Waals surface area contributed by atoms with Gasteiger partial charge < -0.3 is 0 Å². The molecule has 0 amide bonds. The summed E-state index contributed by atoms with van der Waals surface area (Å²) in [4.78, 5) is 10.0. The number of rotatable bonds is 0. The van der Waals surface area contributed by atoms with E-state index >= 15 is 0 Å². The molecule has 0 aliphatic carbocycles. The van der Waals surface area contributed by atoms with E-state index in [0.717, 1.165) is 0 Å². The molecule has 0 aromatic carbocycles. The highest BCUT2D eigenvalue weighted by molar-refractivity contribution is 6.08. The predicted octanol–water partition coefficient (Wildman–Crippen LogP) is 0.212. The second-order valence-electron chi connectivity index (χ2n) is 0.848. The van der Waals surface area contributed by atoms with Gasteiger partial charge in [-0.15, -0.1) is 6.42 Å². The monoisotopic (exact) mass is 92.0 g/mol. The van der Waals surface area contributed by atoms with Gasteiger partial charge in [-0.05, 0) is 18.8 Å². The van der Waals surface area contributed by atoms with Crippen molar-refractivity contribution in [1.82, 2.24) is 0 Å². The second-order valence-corrected chi connectivity index (χ2v) is 0.848. The molecule has 34 valence electrons. The second kappa shape index (κ2) is 3.00. The summed E-state index contributed by atoms with van der Waals surface area (Å²) in [6.45, 7) is 1.56. The number of hydrogen-bond acceptors (Lipinski definition) is 1. The lowest BCUT2D eigenvalue weighted by Gasteiger charge is -1.62. The van der Waals surface area contributed by atoms with Crippen LogP contribution in [0.25, 0.3) is 0 Å². The largest absolute Gasteiger partial charge is 0.278 e. The summed E-state index contributed by atoms with van der Waals surface area (Å²) in [5.74, 6) is 5.94. The highest BCUT2D eigenvalue weighted by Gasteiger charge is 1.79. The summed E-state index contributed by atoms with van der Waals surface area (Å²) in [5, 5.41) is 0. The zero-order valence-corrected chi connectivity index (χ0v) is 3.99. The molecule has 0 aromatic rings. The first-order valence-corrected chi connectivity index (χ1v) is 1.74. The summed E-state index contributed by atoms with van der Waals surface area (Å²) in [6, 6.07) is 0. The number of carbonyl (C=O) groups excluding carboxylic acids is 1. The van der Waals surface area contributed by atoms with Gasteiger partial charge in [-0.3, -0.25) is 4.79 Å². The van der Waals surface area contributed by atoms with Crippen LogP contribution in [-0.4, -0.2) is 5.78 Å². The standard InChI is InChI=1S/C6H4O/c1-3-5-6(7)4-2/h2H,1H3. The molecular weight excluding hydrogens is 88.1 g/mol. The van der Waals surface area contributed by atoms with Crippen LogP contribution in [0.2, 0.25) is 0 Å². The first-order chi connectivity index (χ1) is 3.31. The molecule has 1 nitrogen and oxygen atoms in total. The van der Waals surface area contributed by atoms with Crippen molar-refractivity contribution >= 4 is 5.78 Å². The van der Waals surface area contributed by atoms with Gasteiger partial charge in [0.2, 0.25) is 0 Å². The fourth-order valence-electron chi connectivity index (χ4n) is 0.150. The van der Waals surface area contributed by atoms with Crippen molar-refractivity contribution in [3.63, 3.8) is 0 Å². The van der Waals surface area contributed by atoms with E-state index in [-0.39, 0.29) is 0 Å². The average molecular weight is 92.1 g/mol. The third kappa shape index (κ3) is 2.60. The Morgan fingerprint density at radius 3 is 2.43 bits per heavy atom. The first-order valence-electron chi connectivity index (χ1n) is 1.74. The van der Waals surface area contributed by atoms with Crippen LogP contribution in [0.1, 0.15) is 6.92 Å². The summed E-state index contributed by atoms with van der Waals surface area (Å²) < 4.78 is 0. The van der Waals surface area contributed by atoms with E-state index in [9.17, 15) is 4.79 Å². The molecule has 0 aliphatic rings. The number of hydrogen-bond donors (Lipinski definition) is 0. The van der Waals surface area contributed by atoms with Crippen molar-refractivity contribution in [2.24, 2.45) is 0 Å². The molecular formula is C6H4O. The smallest absolute Gasteiger partial charge is 0.270 e. The van der Waals surface area contributed by atoms with E-state index in [1.807, 2.05) is 5.92 Å². The molecule has 7 heavy (non-hydrogen) atoms. The fraction of sp³-hybridized carbons (Fsp3) is 0.167. The Morgan fingerprint density at radius 1 is 1.71 bits per heavy atom. The predicted molar refractivity (Wildman–Crippen MR) is 27.3 cm³/mol. The molecule has 0 saturated heterocycles. The summed E-state index contributed by atoms with van der Waals surface area (Å²) in [6.07, 6.45) is 4.66. The van der Waals surface area contributed by atoms with Crippen LogP contribution in [0.3, 0.4) is 0 Å². The maximum atomic E-state index is 10.0. The molecule has 0 rings (SSSR count). The summed E-state index contributed by atoms with van der Waals surface area (Å²) >= 11 is 0. The molecule has 0 fully saturated rings. The molecule has 0 spiro atoms. The quantitative estimate of drug-likeness (QED) is 0.308. The molecule has 0 N–H and O–H groups in total. The summed E-state index contributed by atoms with van der Waals surface area (Å²) in [7, 11) is 0. The zero-order chi connectivity index (χ0) is 5.70. The van der Waals surface area contributed by atoms with Gasteiger partial charge in [-0.1, -0.05) is 5.92 Å². The van der Waals surface area contributed by atoms with Crippen molar-refractivity contribution in [1.29, 1.82) is 0 Å². The van der Waals surface area contributed by atoms with Crippen molar-refractivity contribution in [2.45, 2.75) is 6.92 Å². The lowest BCUT2D eigenvalue weighted by molar-refractivity contribution is -0.108. The normalized spacial score (nSPS) is 5.14. The van der Waals surface area contributed by atoms with Crippen molar-refractivity contribution < 1.29 is 4.79 Å². The van der Waals surface area contributed by atoms with Crippen LogP contribution >= 0.6 is 0 Å². The zero-order valence-electron chi connectivity index (χ0n) is 3.99. The van der Waals surface area contributed by atoms with Gasteiger partial charge >= 0.3 is 0 Å². The maximum absolute atomic E-state index is 10.0. The van der Waals surface area contributed by atoms with E-state index in [4.69, 9.17) is 0 Å². The molecule has 0 heterocycles. The minimum Gasteiger partial charge on any atom is -0.270 e. The molecule has 0 aliphatic heterocycles. The number of terminal acetylenes is 1. The highest BCUT2D eigenvalue weighted by Crippen LogP contribution is 1.58. The minimum absolute atomic E-state index is 0.456. The van der Waals surface area contributed by atoms with Gasteiger partial charge in [0.25, 0.3) is 5.78 Å². The van der Waals surface area contributed by atoms with Crippen LogP contribution in [0.4, 0.5) is 0 Å². The SMILES string of the molecule is C#CC(=O)C#CC. The maximum Gasteiger partial charge on any atom is 0.278 e. The molecule has 0 atom stereocenters. The van der Waals surface area contributed by atoms with Gasteiger partial charge in [-0.25, -0.2) is 0 Å². The van der Waals surface area contributed by atoms with E-state index in [1.54, 1.807) is 6.92 Å². The molecule has 0 unspecified atom stereocenters. The Labute approximate surface area is 42.7 Å². The fourth-order valence-corrected chi connectivity index (χ4v) is 0.150. The molecule has 0 saturated carbocycles. The molecule has 1 heteroatoms. The molecule has 0 radical (unpaired) electrons. The Kier molecular flexibility index (Phi) is 2.48. The van der Waals surface area contributed by atoms with Crippen molar-refractivity contribution in [2.75, 3.05) is 0 Å². The van der Waals surface area contributed by atoms with E-state index in [1.165, 1.54) is 0 Å². The number of Topliss-reactive ketones (excluding diaryl/α,β-unsaturated/α-hetero) is 1. The van der Waals surface area contributed by atoms with Crippen molar-refractivity contribution in [3.8, 4) is 24.2 Å². The average Bonchev–Trinajstić information content (AvgIpc) is 1.68. The lowest BCUT2D eigenvalue weighted by atomic mass is 10.4. The van der Waals surface area contributed by atoms with E-state index in [0.29, 0.717) is 0 Å². The first kappa shape index (κ1) is 5.79. The topological polar surface area (TPSA) is 17.1 Å². The van der Waals surface area contributed by atoms with Crippen LogP contribution < -0.4 is 0 Å². The Morgan fingerprint density at radius 2 is 2.29 bits per heavy atom. The molecule has 0 bridgehead atoms. The van der Waals surface area contributed by atoms with Crippen LogP contribution in [0, 0.1) is 24.2 Å². The Hall–Kier alpha value is -1.21. The molecule has 0 aromatic heterocycles. The highest BCUT2D eigenvalue weighted by atomic mass is 16.1. The van der Waals surface area contributed by atoms with Crippen molar-refractivity contribution in [3.05, 3.63) is 0 Å². The lowest BCUT2D eigenvalue weighted by Crippen LogP contribution is -1.82. The van der Waals surface area contributed by atoms with Crippen LogP contribution in [0.15, 0.2) is 0 Å². The Bertz CT molecular complexity index is 161. The van der Waals surface area contributed by atoms with Gasteiger partial charge in [0, 0.05) is 0 Å². The number of ketones is 1. The van der Waals surface area contributed by atoms with E-state index < -0.39 is 5.78 Å². The Balaban J connectivity index is 3.83. The van der Waals surface area contributed by atoms with Gasteiger partial charge in [0.05, 0.1) is 0 Å². The third-order valence-electron chi connectivity index (χ3n) is 0.370. The van der Waals surface area contributed by atoms with Crippen LogP contribution in [0.5, 0.6) is 0 Å². The van der Waals surface area contributed by atoms with Crippen LogP contribution in [-0.2, 0) is 4.79 Å². The number of carbonyl (C=O) groups is 1.